The standard InChI is InChI=1S/C27H31N3O/c1-21-10-9-15-25(22(21)2)28-26(31)20-29-16-18-30(19-17-29)27(23-11-5-3-6-12-23)24-13-7-4-8-14-24/h3-15,27H,16-20H2,1-2H3,(H,28,31). The quantitative estimate of drug-likeness (QED) is 0.639. The van der Waals surface area contributed by atoms with Gasteiger partial charge in [0.25, 0.3) is 0 Å². The van der Waals surface area contributed by atoms with Gasteiger partial charge < -0.3 is 5.32 Å². The summed E-state index contributed by atoms with van der Waals surface area (Å²) in [4.78, 5) is 17.4. The molecule has 0 unspecified atom stereocenters. The minimum absolute atomic E-state index is 0.0600. The maximum atomic E-state index is 12.6. The fraction of sp³-hybridized carbons (Fsp3) is 0.296. The fourth-order valence-electron chi connectivity index (χ4n) is 4.34. The molecule has 160 valence electrons. The van der Waals surface area contributed by atoms with E-state index in [2.05, 4.69) is 95.7 Å². The van der Waals surface area contributed by atoms with Gasteiger partial charge in [-0.1, -0.05) is 72.8 Å². The molecule has 0 spiro atoms. The number of nitrogens with one attached hydrogen (secondary N) is 1. The van der Waals surface area contributed by atoms with E-state index in [1.165, 1.54) is 16.7 Å². The summed E-state index contributed by atoms with van der Waals surface area (Å²) in [6, 6.07) is 27.7. The van der Waals surface area contributed by atoms with Gasteiger partial charge in [0.2, 0.25) is 5.91 Å². The van der Waals surface area contributed by atoms with E-state index in [0.717, 1.165) is 37.4 Å². The summed E-state index contributed by atoms with van der Waals surface area (Å²) in [5, 5.41) is 3.09. The summed E-state index contributed by atoms with van der Waals surface area (Å²) in [5.41, 5.74) is 5.87. The van der Waals surface area contributed by atoms with Gasteiger partial charge in [0.15, 0.2) is 0 Å². The lowest BCUT2D eigenvalue weighted by Gasteiger charge is -2.39. The van der Waals surface area contributed by atoms with Crippen molar-refractivity contribution in [3.63, 3.8) is 0 Å². The van der Waals surface area contributed by atoms with E-state index in [4.69, 9.17) is 0 Å². The molecule has 31 heavy (non-hydrogen) atoms. The molecule has 3 aromatic rings. The highest BCUT2D eigenvalue weighted by molar-refractivity contribution is 5.93. The van der Waals surface area contributed by atoms with Gasteiger partial charge >= 0.3 is 0 Å². The molecule has 0 aliphatic carbocycles. The Balaban J connectivity index is 1.39. The third kappa shape index (κ3) is 5.22. The molecular weight excluding hydrogens is 382 g/mol. The second kappa shape index (κ2) is 9.90. The van der Waals surface area contributed by atoms with Gasteiger partial charge in [-0.2, -0.15) is 0 Å². The van der Waals surface area contributed by atoms with Crippen LogP contribution in [0.15, 0.2) is 78.9 Å². The Bertz CT molecular complexity index is 956. The van der Waals surface area contributed by atoms with Crippen molar-refractivity contribution in [3.8, 4) is 0 Å². The molecular formula is C27H31N3O. The largest absolute Gasteiger partial charge is 0.325 e. The van der Waals surface area contributed by atoms with Gasteiger partial charge in [0.1, 0.15) is 0 Å². The molecule has 1 aliphatic heterocycles. The van der Waals surface area contributed by atoms with Gasteiger partial charge in [-0.05, 0) is 42.2 Å². The van der Waals surface area contributed by atoms with E-state index in [0.29, 0.717) is 6.54 Å². The van der Waals surface area contributed by atoms with Crippen LogP contribution in [0.25, 0.3) is 0 Å². The first kappa shape index (κ1) is 21.3. The molecule has 1 aliphatic rings. The molecule has 0 aromatic heterocycles. The number of aryl methyl sites for hydroxylation is 1. The predicted molar refractivity (Wildman–Crippen MR) is 127 cm³/mol. The number of hydrogen-bond acceptors (Lipinski definition) is 3. The Labute approximate surface area is 185 Å². The summed E-state index contributed by atoms with van der Waals surface area (Å²) in [5.74, 6) is 0.0600. The van der Waals surface area contributed by atoms with Gasteiger partial charge in [0.05, 0.1) is 12.6 Å². The van der Waals surface area contributed by atoms with Crippen molar-refractivity contribution in [1.82, 2.24) is 9.80 Å². The summed E-state index contributed by atoms with van der Waals surface area (Å²) in [6.07, 6.45) is 0. The summed E-state index contributed by atoms with van der Waals surface area (Å²) in [6.45, 7) is 8.20. The molecule has 1 N–H and O–H groups in total. The van der Waals surface area contributed by atoms with E-state index in [1.807, 2.05) is 12.1 Å². The molecule has 1 heterocycles. The smallest absolute Gasteiger partial charge is 0.238 e. The van der Waals surface area contributed by atoms with E-state index >= 15 is 0 Å². The molecule has 0 saturated carbocycles. The van der Waals surface area contributed by atoms with Crippen LogP contribution < -0.4 is 5.32 Å². The fourth-order valence-corrected chi connectivity index (χ4v) is 4.34. The number of piperazine rings is 1. The number of benzene rings is 3. The molecule has 1 saturated heterocycles. The van der Waals surface area contributed by atoms with Gasteiger partial charge in [0, 0.05) is 31.9 Å². The zero-order valence-electron chi connectivity index (χ0n) is 18.4. The second-order valence-corrected chi connectivity index (χ2v) is 8.33. The normalized spacial score (nSPS) is 15.2. The summed E-state index contributed by atoms with van der Waals surface area (Å²) in [7, 11) is 0. The molecule has 1 amide bonds. The SMILES string of the molecule is Cc1cccc(NC(=O)CN2CCN(C(c3ccccc3)c3ccccc3)CC2)c1C. The lowest BCUT2D eigenvalue weighted by Crippen LogP contribution is -2.49. The maximum Gasteiger partial charge on any atom is 0.238 e. The van der Waals surface area contributed by atoms with E-state index in [9.17, 15) is 4.79 Å². The van der Waals surface area contributed by atoms with Crippen LogP contribution in [0.3, 0.4) is 0 Å². The molecule has 1 fully saturated rings. The van der Waals surface area contributed by atoms with E-state index in [1.54, 1.807) is 0 Å². The van der Waals surface area contributed by atoms with Crippen molar-refractivity contribution in [2.75, 3.05) is 38.0 Å². The lowest BCUT2D eigenvalue weighted by molar-refractivity contribution is -0.117. The van der Waals surface area contributed by atoms with Crippen LogP contribution in [0.2, 0.25) is 0 Å². The van der Waals surface area contributed by atoms with Gasteiger partial charge in [-0.3, -0.25) is 14.6 Å². The first-order valence-corrected chi connectivity index (χ1v) is 11.0. The van der Waals surface area contributed by atoms with Crippen LogP contribution in [-0.2, 0) is 4.79 Å². The number of carbonyl (C=O) groups is 1. The maximum absolute atomic E-state index is 12.6. The monoisotopic (exact) mass is 413 g/mol. The average molecular weight is 414 g/mol. The van der Waals surface area contributed by atoms with Gasteiger partial charge in [-0.15, -0.1) is 0 Å². The first-order valence-electron chi connectivity index (χ1n) is 11.0. The molecule has 0 radical (unpaired) electrons. The van der Waals surface area contributed by atoms with Crippen molar-refractivity contribution < 1.29 is 4.79 Å². The third-order valence-electron chi connectivity index (χ3n) is 6.25. The molecule has 4 heteroatoms. The van der Waals surface area contributed by atoms with Crippen molar-refractivity contribution in [2.24, 2.45) is 0 Å². The van der Waals surface area contributed by atoms with Gasteiger partial charge in [-0.25, -0.2) is 0 Å². The van der Waals surface area contributed by atoms with Crippen LogP contribution in [0.5, 0.6) is 0 Å². The number of nitrogens with zero attached hydrogens (tertiary/aromatic N) is 2. The highest BCUT2D eigenvalue weighted by atomic mass is 16.2. The predicted octanol–water partition coefficient (Wildman–Crippen LogP) is 4.65. The summed E-state index contributed by atoms with van der Waals surface area (Å²) >= 11 is 0. The minimum Gasteiger partial charge on any atom is -0.325 e. The number of amides is 1. The number of carbonyl (C=O) groups excluding carboxylic acids is 1. The molecule has 4 rings (SSSR count). The van der Waals surface area contributed by atoms with Crippen LogP contribution in [0.4, 0.5) is 5.69 Å². The molecule has 4 nitrogen and oxygen atoms in total. The third-order valence-corrected chi connectivity index (χ3v) is 6.25. The topological polar surface area (TPSA) is 35.6 Å². The van der Waals surface area contributed by atoms with E-state index in [-0.39, 0.29) is 11.9 Å². The van der Waals surface area contributed by atoms with Crippen molar-refractivity contribution in [3.05, 3.63) is 101 Å². The Morgan fingerprint density at radius 1 is 0.806 bits per heavy atom. The average Bonchev–Trinajstić information content (AvgIpc) is 2.80. The number of hydrogen-bond donors (Lipinski definition) is 1. The zero-order valence-corrected chi connectivity index (χ0v) is 18.4. The first-order chi connectivity index (χ1) is 15.1. The van der Waals surface area contributed by atoms with Crippen LogP contribution in [0, 0.1) is 13.8 Å². The zero-order chi connectivity index (χ0) is 21.6. The van der Waals surface area contributed by atoms with Crippen LogP contribution >= 0.6 is 0 Å². The van der Waals surface area contributed by atoms with Crippen molar-refractivity contribution >= 4 is 11.6 Å². The minimum atomic E-state index is 0.0600. The Hall–Kier alpha value is -2.95. The number of rotatable bonds is 6. The molecule has 0 atom stereocenters. The Kier molecular flexibility index (Phi) is 6.80. The van der Waals surface area contributed by atoms with Crippen molar-refractivity contribution in [1.29, 1.82) is 0 Å². The Morgan fingerprint density at radius 2 is 1.39 bits per heavy atom. The van der Waals surface area contributed by atoms with Crippen molar-refractivity contribution in [2.45, 2.75) is 19.9 Å². The van der Waals surface area contributed by atoms with Crippen LogP contribution in [-0.4, -0.2) is 48.4 Å². The second-order valence-electron chi connectivity index (χ2n) is 8.33. The number of anilines is 1. The lowest BCUT2D eigenvalue weighted by atomic mass is 9.96. The van der Waals surface area contributed by atoms with E-state index < -0.39 is 0 Å². The molecule has 3 aromatic carbocycles. The highest BCUT2D eigenvalue weighted by Crippen LogP contribution is 2.29. The molecule has 0 bridgehead atoms. The highest BCUT2D eigenvalue weighted by Gasteiger charge is 2.27. The van der Waals surface area contributed by atoms with Crippen LogP contribution in [0.1, 0.15) is 28.3 Å². The summed E-state index contributed by atoms with van der Waals surface area (Å²) < 4.78 is 0. The Morgan fingerprint density at radius 3 is 1.97 bits per heavy atom.